The summed E-state index contributed by atoms with van der Waals surface area (Å²) in [6.45, 7) is 5.43. The Bertz CT molecular complexity index is 311. The van der Waals surface area contributed by atoms with Crippen molar-refractivity contribution >= 4 is 11.9 Å². The van der Waals surface area contributed by atoms with Crippen LogP contribution in [0.4, 0.5) is 0 Å². The van der Waals surface area contributed by atoms with Crippen LogP contribution in [0.2, 0.25) is 0 Å². The van der Waals surface area contributed by atoms with Gasteiger partial charge < -0.3 is 15.2 Å². The van der Waals surface area contributed by atoms with Gasteiger partial charge in [0, 0.05) is 0 Å². The Morgan fingerprint density at radius 1 is 1.32 bits per heavy atom. The zero-order valence-corrected chi connectivity index (χ0v) is 12.0. The van der Waals surface area contributed by atoms with Crippen LogP contribution in [0.3, 0.4) is 0 Å². The molecule has 0 spiro atoms. The first kappa shape index (κ1) is 16.0. The predicted octanol–water partition coefficient (Wildman–Crippen LogP) is 1.95. The van der Waals surface area contributed by atoms with E-state index >= 15 is 0 Å². The van der Waals surface area contributed by atoms with Crippen molar-refractivity contribution in [1.29, 1.82) is 0 Å². The molecule has 110 valence electrons. The molecule has 0 aromatic heterocycles. The summed E-state index contributed by atoms with van der Waals surface area (Å²) in [4.78, 5) is 23.2. The largest absolute Gasteiger partial charge is 0.480 e. The Kier molecular flexibility index (Phi) is 6.28. The summed E-state index contributed by atoms with van der Waals surface area (Å²) in [6, 6.07) is -0.853. The highest BCUT2D eigenvalue weighted by atomic mass is 16.5. The van der Waals surface area contributed by atoms with Crippen molar-refractivity contribution in [2.75, 3.05) is 0 Å². The minimum Gasteiger partial charge on any atom is -0.480 e. The number of amides is 1. The van der Waals surface area contributed by atoms with Gasteiger partial charge >= 0.3 is 5.97 Å². The van der Waals surface area contributed by atoms with Gasteiger partial charge in [-0.05, 0) is 25.2 Å². The maximum atomic E-state index is 12.1. The summed E-state index contributed by atoms with van der Waals surface area (Å²) in [5.41, 5.74) is 0. The number of hydrogen-bond donors (Lipinski definition) is 2. The van der Waals surface area contributed by atoms with Crippen LogP contribution in [0.1, 0.15) is 52.9 Å². The van der Waals surface area contributed by atoms with Gasteiger partial charge in [0.15, 0.2) is 0 Å². The van der Waals surface area contributed by atoms with Crippen molar-refractivity contribution in [3.05, 3.63) is 0 Å². The van der Waals surface area contributed by atoms with Crippen LogP contribution in [0.5, 0.6) is 0 Å². The highest BCUT2D eigenvalue weighted by Crippen LogP contribution is 2.23. The standard InChI is InChI=1S/C14H25NO4/c1-4-11(19-10-7-5-6-8-10)13(16)15-12(9(2)3)14(17)18/h9-12H,4-8H2,1-3H3,(H,15,16)(H,17,18)/t11?,12-/m0/s1. The maximum Gasteiger partial charge on any atom is 0.326 e. The van der Waals surface area contributed by atoms with Crippen molar-refractivity contribution in [3.8, 4) is 0 Å². The van der Waals surface area contributed by atoms with Gasteiger partial charge in [-0.3, -0.25) is 4.79 Å². The Balaban J connectivity index is 2.54. The minimum atomic E-state index is -1.00. The van der Waals surface area contributed by atoms with E-state index in [0.717, 1.165) is 25.7 Å². The first-order valence-corrected chi connectivity index (χ1v) is 7.14. The number of rotatable bonds is 7. The lowest BCUT2D eigenvalue weighted by Gasteiger charge is -2.24. The fraction of sp³-hybridized carbons (Fsp3) is 0.857. The van der Waals surface area contributed by atoms with E-state index in [2.05, 4.69) is 5.32 Å². The number of carboxylic acids is 1. The molecule has 0 radical (unpaired) electrons. The average molecular weight is 271 g/mol. The van der Waals surface area contributed by atoms with Gasteiger partial charge in [0.25, 0.3) is 0 Å². The summed E-state index contributed by atoms with van der Waals surface area (Å²) >= 11 is 0. The second kappa shape index (κ2) is 7.48. The third-order valence-electron chi connectivity index (χ3n) is 3.55. The van der Waals surface area contributed by atoms with Gasteiger partial charge in [0.05, 0.1) is 6.10 Å². The van der Waals surface area contributed by atoms with Crippen molar-refractivity contribution in [1.82, 2.24) is 5.32 Å². The molecule has 5 nitrogen and oxygen atoms in total. The fourth-order valence-electron chi connectivity index (χ4n) is 2.36. The van der Waals surface area contributed by atoms with Crippen LogP contribution in [0.25, 0.3) is 0 Å². The van der Waals surface area contributed by atoms with Crippen LogP contribution in [0, 0.1) is 5.92 Å². The molecule has 0 heterocycles. The SMILES string of the molecule is CCC(OC1CCCC1)C(=O)N[C@H](C(=O)O)C(C)C. The van der Waals surface area contributed by atoms with Gasteiger partial charge in [0.1, 0.15) is 12.1 Å². The van der Waals surface area contributed by atoms with Gasteiger partial charge in [-0.2, -0.15) is 0 Å². The van der Waals surface area contributed by atoms with E-state index in [1.54, 1.807) is 13.8 Å². The second-order valence-corrected chi connectivity index (χ2v) is 5.51. The molecule has 2 atom stereocenters. The minimum absolute atomic E-state index is 0.148. The Hall–Kier alpha value is -1.10. The van der Waals surface area contributed by atoms with Gasteiger partial charge in [-0.1, -0.05) is 33.6 Å². The second-order valence-electron chi connectivity index (χ2n) is 5.51. The van der Waals surface area contributed by atoms with E-state index in [1.165, 1.54) is 0 Å². The average Bonchev–Trinajstić information content (AvgIpc) is 2.84. The molecule has 1 saturated carbocycles. The van der Waals surface area contributed by atoms with Crippen molar-refractivity contribution in [2.24, 2.45) is 5.92 Å². The third-order valence-corrected chi connectivity index (χ3v) is 3.55. The van der Waals surface area contributed by atoms with E-state index in [-0.39, 0.29) is 17.9 Å². The Morgan fingerprint density at radius 2 is 1.89 bits per heavy atom. The number of carbonyl (C=O) groups is 2. The monoisotopic (exact) mass is 271 g/mol. The fourth-order valence-corrected chi connectivity index (χ4v) is 2.36. The molecule has 0 saturated heterocycles. The van der Waals surface area contributed by atoms with E-state index in [9.17, 15) is 9.59 Å². The highest BCUT2D eigenvalue weighted by molar-refractivity contribution is 5.86. The Morgan fingerprint density at radius 3 is 2.32 bits per heavy atom. The number of ether oxygens (including phenoxy) is 1. The van der Waals surface area contributed by atoms with Crippen molar-refractivity contribution < 1.29 is 19.4 Å². The number of carbonyl (C=O) groups excluding carboxylic acids is 1. The molecular weight excluding hydrogens is 246 g/mol. The molecule has 0 aromatic carbocycles. The molecule has 1 aliphatic carbocycles. The van der Waals surface area contributed by atoms with Crippen LogP contribution in [0.15, 0.2) is 0 Å². The Labute approximate surface area is 114 Å². The normalized spacial score (nSPS) is 19.4. The van der Waals surface area contributed by atoms with E-state index < -0.39 is 18.1 Å². The molecule has 0 aliphatic heterocycles. The molecule has 0 aromatic rings. The molecule has 1 rings (SSSR count). The zero-order valence-electron chi connectivity index (χ0n) is 12.0. The topological polar surface area (TPSA) is 75.6 Å². The lowest BCUT2D eigenvalue weighted by molar-refractivity contribution is -0.147. The first-order chi connectivity index (χ1) is 8.95. The molecule has 1 amide bonds. The van der Waals surface area contributed by atoms with Crippen LogP contribution in [-0.4, -0.2) is 35.2 Å². The molecular formula is C14H25NO4. The number of carboxylic acid groups (broad SMARTS) is 1. The summed E-state index contributed by atoms with van der Waals surface area (Å²) in [5.74, 6) is -1.46. The highest BCUT2D eigenvalue weighted by Gasteiger charge is 2.29. The van der Waals surface area contributed by atoms with Crippen LogP contribution >= 0.6 is 0 Å². The van der Waals surface area contributed by atoms with E-state index in [0.29, 0.717) is 6.42 Å². The predicted molar refractivity (Wildman–Crippen MR) is 71.8 cm³/mol. The first-order valence-electron chi connectivity index (χ1n) is 7.14. The molecule has 1 unspecified atom stereocenters. The molecule has 5 heteroatoms. The van der Waals surface area contributed by atoms with Gasteiger partial charge in [-0.15, -0.1) is 0 Å². The van der Waals surface area contributed by atoms with Crippen molar-refractivity contribution in [2.45, 2.75) is 71.1 Å². The van der Waals surface area contributed by atoms with Gasteiger partial charge in [0.2, 0.25) is 5.91 Å². The van der Waals surface area contributed by atoms with E-state index in [1.807, 2.05) is 6.92 Å². The van der Waals surface area contributed by atoms with Gasteiger partial charge in [-0.25, -0.2) is 4.79 Å². The molecule has 2 N–H and O–H groups in total. The summed E-state index contributed by atoms with van der Waals surface area (Å²) in [6.07, 6.45) is 4.46. The van der Waals surface area contributed by atoms with Crippen molar-refractivity contribution in [3.63, 3.8) is 0 Å². The zero-order chi connectivity index (χ0) is 14.4. The lowest BCUT2D eigenvalue weighted by atomic mass is 10.0. The molecule has 1 aliphatic rings. The number of hydrogen-bond acceptors (Lipinski definition) is 3. The summed E-state index contributed by atoms with van der Waals surface area (Å²) in [5, 5.41) is 11.7. The van der Waals surface area contributed by atoms with E-state index in [4.69, 9.17) is 9.84 Å². The quantitative estimate of drug-likeness (QED) is 0.742. The molecule has 1 fully saturated rings. The van der Waals surface area contributed by atoms with Crippen LogP contribution in [-0.2, 0) is 14.3 Å². The summed E-state index contributed by atoms with van der Waals surface area (Å²) in [7, 11) is 0. The van der Waals surface area contributed by atoms with Crippen LogP contribution < -0.4 is 5.32 Å². The maximum absolute atomic E-state index is 12.1. The summed E-state index contributed by atoms with van der Waals surface area (Å²) < 4.78 is 5.78. The number of nitrogens with one attached hydrogen (secondary N) is 1. The third kappa shape index (κ3) is 4.82. The number of aliphatic carboxylic acids is 1. The molecule has 19 heavy (non-hydrogen) atoms. The molecule has 0 bridgehead atoms. The smallest absolute Gasteiger partial charge is 0.326 e. The lowest BCUT2D eigenvalue weighted by Crippen LogP contribution is -2.49.